The molecule has 0 saturated carbocycles. The Morgan fingerprint density at radius 1 is 1.42 bits per heavy atom. The number of aromatic amines is 1. The van der Waals surface area contributed by atoms with E-state index in [2.05, 4.69) is 37.3 Å². The molecule has 1 aliphatic heterocycles. The van der Waals surface area contributed by atoms with E-state index in [-0.39, 0.29) is 0 Å². The topological polar surface area (TPSA) is 69.7 Å². The van der Waals surface area contributed by atoms with Crippen LogP contribution in [0.1, 0.15) is 19.0 Å². The molecule has 6 heteroatoms. The van der Waals surface area contributed by atoms with E-state index < -0.39 is 0 Å². The molecule has 0 bridgehead atoms. The van der Waals surface area contributed by atoms with Gasteiger partial charge in [-0.3, -0.25) is 5.10 Å². The smallest absolute Gasteiger partial charge is 0.227 e. The van der Waals surface area contributed by atoms with E-state index in [1.54, 1.807) is 6.20 Å². The summed E-state index contributed by atoms with van der Waals surface area (Å²) in [6, 6.07) is 3.80. The Hall–Kier alpha value is -2.11. The summed E-state index contributed by atoms with van der Waals surface area (Å²) in [5.41, 5.74) is 0.964. The van der Waals surface area contributed by atoms with Gasteiger partial charge in [-0.2, -0.15) is 10.1 Å². The highest BCUT2D eigenvalue weighted by Gasteiger charge is 2.21. The van der Waals surface area contributed by atoms with Gasteiger partial charge in [-0.15, -0.1) is 0 Å². The molecular formula is C13H18N6. The summed E-state index contributed by atoms with van der Waals surface area (Å²) in [4.78, 5) is 11.4. The molecule has 2 aromatic heterocycles. The number of H-pyrrole nitrogens is 1. The minimum atomic E-state index is 0.716. The van der Waals surface area contributed by atoms with Crippen LogP contribution in [0.5, 0.6) is 0 Å². The minimum absolute atomic E-state index is 0.716. The zero-order valence-electron chi connectivity index (χ0n) is 11.2. The van der Waals surface area contributed by atoms with Gasteiger partial charge in [0, 0.05) is 30.9 Å². The molecule has 1 saturated heterocycles. The van der Waals surface area contributed by atoms with Crippen molar-refractivity contribution in [2.45, 2.75) is 20.3 Å². The maximum Gasteiger partial charge on any atom is 0.227 e. The fraction of sp³-hybridized carbons (Fsp3) is 0.462. The van der Waals surface area contributed by atoms with E-state index in [4.69, 9.17) is 0 Å². The maximum atomic E-state index is 4.58. The van der Waals surface area contributed by atoms with Crippen LogP contribution in [0.15, 0.2) is 18.3 Å². The van der Waals surface area contributed by atoms with Gasteiger partial charge in [0.15, 0.2) is 0 Å². The molecular weight excluding hydrogens is 240 g/mol. The molecule has 3 rings (SSSR count). The zero-order valence-corrected chi connectivity index (χ0v) is 11.2. The fourth-order valence-corrected chi connectivity index (χ4v) is 2.34. The molecule has 100 valence electrons. The average Bonchev–Trinajstić information content (AvgIpc) is 3.00. The quantitative estimate of drug-likeness (QED) is 0.882. The molecule has 2 aromatic rings. The Bertz CT molecular complexity index is 550. The molecule has 3 heterocycles. The van der Waals surface area contributed by atoms with Crippen molar-refractivity contribution in [1.29, 1.82) is 0 Å². The number of rotatable bonds is 3. The Morgan fingerprint density at radius 3 is 3.00 bits per heavy atom. The predicted octanol–water partition coefficient (Wildman–Crippen LogP) is 2.10. The number of nitrogens with one attached hydrogen (secondary N) is 2. The van der Waals surface area contributed by atoms with Gasteiger partial charge < -0.3 is 10.2 Å². The van der Waals surface area contributed by atoms with Gasteiger partial charge in [0.2, 0.25) is 5.95 Å². The first kappa shape index (κ1) is 12.0. The Morgan fingerprint density at radius 2 is 2.32 bits per heavy atom. The Balaban J connectivity index is 1.83. The van der Waals surface area contributed by atoms with Crippen LogP contribution in [0, 0.1) is 12.8 Å². The van der Waals surface area contributed by atoms with Crippen LogP contribution in [0.2, 0.25) is 0 Å². The summed E-state index contributed by atoms with van der Waals surface area (Å²) < 4.78 is 0. The van der Waals surface area contributed by atoms with Crippen LogP contribution in [0.25, 0.3) is 0 Å². The van der Waals surface area contributed by atoms with E-state index in [1.807, 2.05) is 19.1 Å². The summed E-state index contributed by atoms with van der Waals surface area (Å²) in [7, 11) is 0. The molecule has 0 unspecified atom stereocenters. The minimum Gasteiger partial charge on any atom is -0.340 e. The number of anilines is 3. The number of nitrogens with zero attached hydrogens (tertiary/aromatic N) is 4. The van der Waals surface area contributed by atoms with Gasteiger partial charge in [-0.25, -0.2) is 4.98 Å². The van der Waals surface area contributed by atoms with E-state index in [9.17, 15) is 0 Å². The molecule has 1 fully saturated rings. The third-order valence-electron chi connectivity index (χ3n) is 3.31. The maximum absolute atomic E-state index is 4.58. The monoisotopic (exact) mass is 258 g/mol. The van der Waals surface area contributed by atoms with E-state index in [0.29, 0.717) is 5.92 Å². The van der Waals surface area contributed by atoms with Crippen molar-refractivity contribution in [2.75, 3.05) is 23.3 Å². The van der Waals surface area contributed by atoms with Crippen LogP contribution >= 0.6 is 0 Å². The van der Waals surface area contributed by atoms with Crippen molar-refractivity contribution < 1.29 is 0 Å². The Kier molecular flexibility index (Phi) is 3.06. The molecule has 6 nitrogen and oxygen atoms in total. The van der Waals surface area contributed by atoms with Gasteiger partial charge in [-0.1, -0.05) is 6.92 Å². The zero-order chi connectivity index (χ0) is 13.2. The SMILES string of the molecule is Cc1cc(Nc2ccn[nH]2)nc(N2CC[C@@H](C)C2)n1. The second-order valence-electron chi connectivity index (χ2n) is 5.13. The highest BCUT2D eigenvalue weighted by atomic mass is 15.3. The lowest BCUT2D eigenvalue weighted by molar-refractivity contribution is 0.658. The number of hydrogen-bond donors (Lipinski definition) is 2. The van der Waals surface area contributed by atoms with Gasteiger partial charge in [-0.05, 0) is 19.3 Å². The number of hydrogen-bond acceptors (Lipinski definition) is 5. The molecule has 1 atom stereocenters. The third kappa shape index (κ3) is 2.67. The highest BCUT2D eigenvalue weighted by Crippen LogP contribution is 2.22. The number of aryl methyl sites for hydroxylation is 1. The summed E-state index contributed by atoms with van der Waals surface area (Å²) in [5, 5.41) is 9.98. The molecule has 0 amide bonds. The lowest BCUT2D eigenvalue weighted by atomic mass is 10.2. The summed E-state index contributed by atoms with van der Waals surface area (Å²) in [6.45, 7) is 6.32. The highest BCUT2D eigenvalue weighted by molar-refractivity contribution is 5.53. The third-order valence-corrected chi connectivity index (χ3v) is 3.31. The van der Waals surface area contributed by atoms with Crippen LogP contribution in [0.3, 0.4) is 0 Å². The lowest BCUT2D eigenvalue weighted by Crippen LogP contribution is -2.22. The second kappa shape index (κ2) is 4.87. The van der Waals surface area contributed by atoms with Crippen molar-refractivity contribution in [3.8, 4) is 0 Å². The molecule has 2 N–H and O–H groups in total. The van der Waals surface area contributed by atoms with Crippen molar-refractivity contribution in [1.82, 2.24) is 20.2 Å². The Labute approximate surface area is 112 Å². The first-order chi connectivity index (χ1) is 9.20. The molecule has 0 radical (unpaired) electrons. The van der Waals surface area contributed by atoms with Crippen LogP contribution < -0.4 is 10.2 Å². The van der Waals surface area contributed by atoms with E-state index in [0.717, 1.165) is 36.4 Å². The second-order valence-corrected chi connectivity index (χ2v) is 5.13. The van der Waals surface area contributed by atoms with Gasteiger partial charge >= 0.3 is 0 Å². The standard InChI is InChI=1S/C13H18N6/c1-9-4-6-19(8-9)13-15-10(2)7-12(17-13)16-11-3-5-14-18-11/h3,5,7,9H,4,6,8H2,1-2H3,(H2,14,15,16,17,18)/t9-/m1/s1. The largest absolute Gasteiger partial charge is 0.340 e. The molecule has 0 aromatic carbocycles. The molecule has 0 aliphatic carbocycles. The molecule has 19 heavy (non-hydrogen) atoms. The van der Waals surface area contributed by atoms with Crippen molar-refractivity contribution in [3.63, 3.8) is 0 Å². The fourth-order valence-electron chi connectivity index (χ4n) is 2.34. The first-order valence-electron chi connectivity index (χ1n) is 6.58. The average molecular weight is 258 g/mol. The van der Waals surface area contributed by atoms with E-state index in [1.165, 1.54) is 6.42 Å². The summed E-state index contributed by atoms with van der Waals surface area (Å²) in [6.07, 6.45) is 2.92. The van der Waals surface area contributed by atoms with Gasteiger partial charge in [0.25, 0.3) is 0 Å². The van der Waals surface area contributed by atoms with Crippen molar-refractivity contribution in [2.24, 2.45) is 5.92 Å². The summed E-state index contributed by atoms with van der Waals surface area (Å²) >= 11 is 0. The van der Waals surface area contributed by atoms with Crippen molar-refractivity contribution >= 4 is 17.6 Å². The number of aromatic nitrogens is 4. The van der Waals surface area contributed by atoms with Gasteiger partial charge in [0.05, 0.1) is 6.20 Å². The van der Waals surface area contributed by atoms with Crippen molar-refractivity contribution in [3.05, 3.63) is 24.0 Å². The normalized spacial score (nSPS) is 18.8. The predicted molar refractivity (Wildman–Crippen MR) is 74.6 cm³/mol. The molecule has 1 aliphatic rings. The molecule has 0 spiro atoms. The van der Waals surface area contributed by atoms with Crippen LogP contribution in [0.4, 0.5) is 17.6 Å². The van der Waals surface area contributed by atoms with E-state index >= 15 is 0 Å². The van der Waals surface area contributed by atoms with Gasteiger partial charge in [0.1, 0.15) is 11.6 Å². The summed E-state index contributed by atoms with van der Waals surface area (Å²) in [5.74, 6) is 3.16. The van der Waals surface area contributed by atoms with Crippen LogP contribution in [-0.2, 0) is 0 Å². The first-order valence-corrected chi connectivity index (χ1v) is 6.58. The van der Waals surface area contributed by atoms with Crippen LogP contribution in [-0.4, -0.2) is 33.3 Å². The lowest BCUT2D eigenvalue weighted by Gasteiger charge is -2.17.